The standard InChI is InChI=1S/C15H19NO6S/c1-22-15(19)12-3-2-4-13(12)23(20,21)16-9-10-5-7-11(8-6-10)14(17)18/h5-8,12-13,16H,2-4,9H2,1H3,(H,17,18). The van der Waals surface area contributed by atoms with Gasteiger partial charge in [-0.15, -0.1) is 0 Å². The predicted molar refractivity (Wildman–Crippen MR) is 82.3 cm³/mol. The lowest BCUT2D eigenvalue weighted by atomic mass is 10.1. The normalized spacial score (nSPS) is 21.1. The van der Waals surface area contributed by atoms with Crippen LogP contribution in [0.1, 0.15) is 35.2 Å². The number of carbonyl (C=O) groups is 2. The molecule has 2 rings (SSSR count). The number of nitrogens with one attached hydrogen (secondary N) is 1. The molecule has 1 saturated carbocycles. The molecule has 0 spiro atoms. The third-order valence-corrected chi connectivity index (χ3v) is 5.94. The summed E-state index contributed by atoms with van der Waals surface area (Å²) in [5.41, 5.74) is 0.782. The molecule has 1 aliphatic rings. The number of carboxylic acid groups (broad SMARTS) is 1. The topological polar surface area (TPSA) is 110 Å². The monoisotopic (exact) mass is 341 g/mol. The fraction of sp³-hybridized carbons (Fsp3) is 0.467. The van der Waals surface area contributed by atoms with Crippen molar-refractivity contribution < 1.29 is 27.9 Å². The molecule has 7 nitrogen and oxygen atoms in total. The number of carboxylic acids is 1. The Labute approximate surface area is 134 Å². The van der Waals surface area contributed by atoms with Crippen LogP contribution < -0.4 is 4.72 Å². The number of benzene rings is 1. The van der Waals surface area contributed by atoms with E-state index in [0.29, 0.717) is 24.8 Å². The number of ether oxygens (including phenoxy) is 1. The second-order valence-electron chi connectivity index (χ2n) is 5.47. The predicted octanol–water partition coefficient (Wildman–Crippen LogP) is 1.15. The van der Waals surface area contributed by atoms with E-state index in [1.165, 1.54) is 19.2 Å². The minimum atomic E-state index is -3.66. The van der Waals surface area contributed by atoms with Crippen LogP contribution in [0.2, 0.25) is 0 Å². The van der Waals surface area contributed by atoms with Gasteiger partial charge in [0, 0.05) is 6.54 Å². The summed E-state index contributed by atoms with van der Waals surface area (Å²) in [6, 6.07) is 5.94. The summed E-state index contributed by atoms with van der Waals surface area (Å²) in [6.07, 6.45) is 1.59. The lowest BCUT2D eigenvalue weighted by Gasteiger charge is -2.18. The summed E-state index contributed by atoms with van der Waals surface area (Å²) >= 11 is 0. The number of methoxy groups -OCH3 is 1. The van der Waals surface area contributed by atoms with Crippen LogP contribution in [-0.4, -0.2) is 37.8 Å². The smallest absolute Gasteiger partial charge is 0.335 e. The Morgan fingerprint density at radius 2 is 1.91 bits per heavy atom. The summed E-state index contributed by atoms with van der Waals surface area (Å²) in [5.74, 6) is -2.17. The molecule has 2 atom stereocenters. The van der Waals surface area contributed by atoms with Crippen molar-refractivity contribution in [3.05, 3.63) is 35.4 Å². The van der Waals surface area contributed by atoms with Crippen molar-refractivity contribution >= 4 is 22.0 Å². The maximum absolute atomic E-state index is 12.4. The molecule has 1 aromatic rings. The van der Waals surface area contributed by atoms with Gasteiger partial charge in [0.15, 0.2) is 0 Å². The summed E-state index contributed by atoms with van der Waals surface area (Å²) in [4.78, 5) is 22.5. The Kier molecular flexibility index (Phi) is 5.38. The van der Waals surface area contributed by atoms with E-state index in [9.17, 15) is 18.0 Å². The second-order valence-corrected chi connectivity index (χ2v) is 7.45. The molecule has 8 heteroatoms. The molecule has 0 heterocycles. The van der Waals surface area contributed by atoms with Crippen molar-refractivity contribution in [3.63, 3.8) is 0 Å². The molecule has 2 unspecified atom stereocenters. The van der Waals surface area contributed by atoms with Gasteiger partial charge in [-0.2, -0.15) is 0 Å². The zero-order chi connectivity index (χ0) is 17.0. The molecule has 0 bridgehead atoms. The third kappa shape index (κ3) is 4.08. The van der Waals surface area contributed by atoms with Crippen LogP contribution in [0.3, 0.4) is 0 Å². The van der Waals surface area contributed by atoms with Crippen molar-refractivity contribution in [2.24, 2.45) is 5.92 Å². The average Bonchev–Trinajstić information content (AvgIpc) is 3.03. The molecule has 23 heavy (non-hydrogen) atoms. The quantitative estimate of drug-likeness (QED) is 0.751. The van der Waals surface area contributed by atoms with E-state index in [-0.39, 0.29) is 12.1 Å². The van der Waals surface area contributed by atoms with E-state index in [2.05, 4.69) is 9.46 Å². The summed E-state index contributed by atoms with van der Waals surface area (Å²) in [5, 5.41) is 8.04. The highest BCUT2D eigenvalue weighted by molar-refractivity contribution is 7.90. The zero-order valence-electron chi connectivity index (χ0n) is 12.7. The van der Waals surface area contributed by atoms with E-state index in [4.69, 9.17) is 5.11 Å². The second kappa shape index (κ2) is 7.10. The van der Waals surface area contributed by atoms with Gasteiger partial charge in [-0.3, -0.25) is 4.79 Å². The summed E-state index contributed by atoms with van der Waals surface area (Å²) < 4.78 is 32.0. The van der Waals surface area contributed by atoms with Crippen LogP contribution >= 0.6 is 0 Å². The number of esters is 1. The van der Waals surface area contributed by atoms with Gasteiger partial charge >= 0.3 is 11.9 Å². The molecule has 1 fully saturated rings. The Morgan fingerprint density at radius 1 is 1.26 bits per heavy atom. The lowest BCUT2D eigenvalue weighted by Crippen LogP contribution is -2.39. The molecule has 0 saturated heterocycles. The summed E-state index contributed by atoms with van der Waals surface area (Å²) in [6.45, 7) is 0.0482. The van der Waals surface area contributed by atoms with Gasteiger partial charge in [-0.05, 0) is 30.5 Å². The fourth-order valence-corrected chi connectivity index (χ4v) is 4.51. The Hall–Kier alpha value is -1.93. The number of aromatic carboxylic acids is 1. The fourth-order valence-electron chi connectivity index (χ4n) is 2.77. The number of carbonyl (C=O) groups excluding carboxylic acids is 1. The van der Waals surface area contributed by atoms with Crippen LogP contribution in [0, 0.1) is 5.92 Å². The number of sulfonamides is 1. The van der Waals surface area contributed by atoms with Crippen LogP contribution in [-0.2, 0) is 26.1 Å². The first-order valence-corrected chi connectivity index (χ1v) is 8.78. The SMILES string of the molecule is COC(=O)C1CCCC1S(=O)(=O)NCc1ccc(C(=O)O)cc1. The van der Waals surface area contributed by atoms with E-state index >= 15 is 0 Å². The Balaban J connectivity index is 2.03. The van der Waals surface area contributed by atoms with Crippen LogP contribution in [0.15, 0.2) is 24.3 Å². The van der Waals surface area contributed by atoms with Crippen LogP contribution in [0.5, 0.6) is 0 Å². The largest absolute Gasteiger partial charge is 0.478 e. The first-order valence-electron chi connectivity index (χ1n) is 7.23. The maximum atomic E-state index is 12.4. The molecule has 0 amide bonds. The van der Waals surface area contributed by atoms with Crippen molar-refractivity contribution in [1.29, 1.82) is 0 Å². The lowest BCUT2D eigenvalue weighted by molar-refractivity contribution is -0.145. The van der Waals surface area contributed by atoms with Crippen molar-refractivity contribution in [2.75, 3.05) is 7.11 Å². The van der Waals surface area contributed by atoms with Crippen molar-refractivity contribution in [3.8, 4) is 0 Å². The minimum Gasteiger partial charge on any atom is -0.478 e. The van der Waals surface area contributed by atoms with Gasteiger partial charge in [0.1, 0.15) is 0 Å². The number of rotatable bonds is 6. The molecule has 1 aromatic carbocycles. The summed E-state index contributed by atoms with van der Waals surface area (Å²) in [7, 11) is -2.40. The highest BCUT2D eigenvalue weighted by Crippen LogP contribution is 2.31. The zero-order valence-corrected chi connectivity index (χ0v) is 13.5. The van der Waals surface area contributed by atoms with Gasteiger partial charge in [-0.1, -0.05) is 18.6 Å². The Bertz CT molecular complexity index is 682. The van der Waals surface area contributed by atoms with Gasteiger partial charge in [0.25, 0.3) is 0 Å². The first-order chi connectivity index (χ1) is 10.8. The average molecular weight is 341 g/mol. The number of hydrogen-bond acceptors (Lipinski definition) is 5. The van der Waals surface area contributed by atoms with E-state index < -0.39 is 33.1 Å². The van der Waals surface area contributed by atoms with E-state index in [0.717, 1.165) is 0 Å². The molecular weight excluding hydrogens is 322 g/mol. The highest BCUT2D eigenvalue weighted by atomic mass is 32.2. The molecule has 0 aliphatic heterocycles. The van der Waals surface area contributed by atoms with Crippen molar-refractivity contribution in [1.82, 2.24) is 4.72 Å². The molecule has 0 radical (unpaired) electrons. The molecule has 126 valence electrons. The molecule has 0 aromatic heterocycles. The minimum absolute atomic E-state index is 0.0482. The van der Waals surface area contributed by atoms with Gasteiger partial charge in [-0.25, -0.2) is 17.9 Å². The highest BCUT2D eigenvalue weighted by Gasteiger charge is 2.41. The maximum Gasteiger partial charge on any atom is 0.335 e. The van der Waals surface area contributed by atoms with Gasteiger partial charge < -0.3 is 9.84 Å². The number of hydrogen-bond donors (Lipinski definition) is 2. The van der Waals surface area contributed by atoms with Crippen LogP contribution in [0.25, 0.3) is 0 Å². The Morgan fingerprint density at radius 3 is 2.48 bits per heavy atom. The van der Waals surface area contributed by atoms with Gasteiger partial charge in [0.2, 0.25) is 10.0 Å². The molecule has 1 aliphatic carbocycles. The first kappa shape index (κ1) is 17.4. The van der Waals surface area contributed by atoms with E-state index in [1.807, 2.05) is 0 Å². The molecule has 2 N–H and O–H groups in total. The van der Waals surface area contributed by atoms with E-state index in [1.54, 1.807) is 12.1 Å². The van der Waals surface area contributed by atoms with Crippen molar-refractivity contribution in [2.45, 2.75) is 31.1 Å². The van der Waals surface area contributed by atoms with Crippen LogP contribution in [0.4, 0.5) is 0 Å². The van der Waals surface area contributed by atoms with Gasteiger partial charge in [0.05, 0.1) is 23.8 Å². The molecular formula is C15H19NO6S. The third-order valence-electron chi connectivity index (χ3n) is 4.03.